The van der Waals surface area contributed by atoms with E-state index in [1.54, 1.807) is 0 Å². The smallest absolute Gasteiger partial charge is 0.137 e. The molecule has 0 amide bonds. The van der Waals surface area contributed by atoms with E-state index in [0.29, 0.717) is 5.15 Å². The fourth-order valence-electron chi connectivity index (χ4n) is 1.45. The van der Waals surface area contributed by atoms with Crippen LogP contribution in [0.5, 0.6) is 0 Å². The number of aromatic nitrogens is 1. The third-order valence-corrected chi connectivity index (χ3v) is 2.36. The molecule has 0 saturated heterocycles. The molecule has 0 aliphatic rings. The fraction of sp³-hybridized carbons (Fsp3) is 0.182. The molecule has 2 aromatic rings. The van der Waals surface area contributed by atoms with E-state index in [4.69, 9.17) is 11.6 Å². The molecule has 66 valence electrons. The van der Waals surface area contributed by atoms with E-state index in [0.717, 1.165) is 16.5 Å². The predicted molar refractivity (Wildman–Crippen MR) is 56.2 cm³/mol. The predicted octanol–water partition coefficient (Wildman–Crippen LogP) is 3.51. The van der Waals surface area contributed by atoms with Crippen molar-refractivity contribution in [2.75, 3.05) is 0 Å². The first-order chi connectivity index (χ1) is 6.16. The van der Waals surface area contributed by atoms with Crippen molar-refractivity contribution < 1.29 is 0 Å². The van der Waals surface area contributed by atoms with E-state index in [-0.39, 0.29) is 0 Å². The number of halogens is 1. The highest BCUT2D eigenvalue weighted by Gasteiger charge is 2.01. The summed E-state index contributed by atoms with van der Waals surface area (Å²) < 4.78 is 0. The lowest BCUT2D eigenvalue weighted by Gasteiger charge is -2.02. The van der Waals surface area contributed by atoms with Gasteiger partial charge in [-0.2, -0.15) is 0 Å². The molecule has 0 saturated carbocycles. The molecule has 0 fully saturated rings. The highest BCUT2D eigenvalue weighted by atomic mass is 35.5. The summed E-state index contributed by atoms with van der Waals surface area (Å²) in [6.45, 7) is 4.00. The maximum Gasteiger partial charge on any atom is 0.137 e. The second-order valence-electron chi connectivity index (χ2n) is 3.28. The fourth-order valence-corrected chi connectivity index (χ4v) is 1.74. The Morgan fingerprint density at radius 1 is 1.15 bits per heavy atom. The molecule has 2 rings (SSSR count). The van der Waals surface area contributed by atoms with Gasteiger partial charge in [-0.3, -0.25) is 0 Å². The molecular weight excluding hydrogens is 182 g/mol. The van der Waals surface area contributed by atoms with Crippen LogP contribution in [0.25, 0.3) is 10.8 Å². The lowest BCUT2D eigenvalue weighted by Crippen LogP contribution is -1.84. The highest BCUT2D eigenvalue weighted by molar-refractivity contribution is 6.34. The van der Waals surface area contributed by atoms with Crippen LogP contribution in [-0.2, 0) is 0 Å². The molecule has 1 heterocycles. The maximum absolute atomic E-state index is 6.02. The summed E-state index contributed by atoms with van der Waals surface area (Å²) in [5, 5.41) is 2.79. The van der Waals surface area contributed by atoms with Crippen molar-refractivity contribution in [1.29, 1.82) is 0 Å². The number of benzene rings is 1. The van der Waals surface area contributed by atoms with E-state index in [9.17, 15) is 0 Å². The number of hydrogen-bond donors (Lipinski definition) is 0. The summed E-state index contributed by atoms with van der Waals surface area (Å²) in [5.74, 6) is 0. The number of aryl methyl sites for hydroxylation is 2. The average molecular weight is 192 g/mol. The summed E-state index contributed by atoms with van der Waals surface area (Å²) >= 11 is 6.02. The van der Waals surface area contributed by atoms with Crippen LogP contribution in [0.2, 0.25) is 5.15 Å². The zero-order chi connectivity index (χ0) is 9.42. The third kappa shape index (κ3) is 1.52. The van der Waals surface area contributed by atoms with Gasteiger partial charge >= 0.3 is 0 Å². The number of pyridine rings is 1. The molecular formula is C11H10ClN. The zero-order valence-corrected chi connectivity index (χ0v) is 8.39. The molecule has 0 bridgehead atoms. The third-order valence-electron chi connectivity index (χ3n) is 2.07. The van der Waals surface area contributed by atoms with Gasteiger partial charge in [0.05, 0.1) is 0 Å². The van der Waals surface area contributed by atoms with E-state index >= 15 is 0 Å². The van der Waals surface area contributed by atoms with Gasteiger partial charge in [-0.15, -0.1) is 0 Å². The summed E-state index contributed by atoms with van der Waals surface area (Å²) in [6.07, 6.45) is 0. The van der Waals surface area contributed by atoms with Crippen molar-refractivity contribution in [3.63, 3.8) is 0 Å². The second kappa shape index (κ2) is 3.00. The highest BCUT2D eigenvalue weighted by Crippen LogP contribution is 2.23. The molecule has 0 aliphatic carbocycles. The summed E-state index contributed by atoms with van der Waals surface area (Å²) in [6, 6.07) is 8.26. The molecule has 13 heavy (non-hydrogen) atoms. The zero-order valence-electron chi connectivity index (χ0n) is 7.63. The maximum atomic E-state index is 6.02. The minimum Gasteiger partial charge on any atom is -0.241 e. The van der Waals surface area contributed by atoms with Gasteiger partial charge in [-0.05, 0) is 31.4 Å². The van der Waals surface area contributed by atoms with Crippen molar-refractivity contribution in [2.24, 2.45) is 0 Å². The lowest BCUT2D eigenvalue weighted by molar-refractivity contribution is 1.22. The van der Waals surface area contributed by atoms with Crippen LogP contribution in [0.4, 0.5) is 0 Å². The first-order valence-corrected chi connectivity index (χ1v) is 4.58. The number of rotatable bonds is 0. The molecule has 0 aliphatic heterocycles. The average Bonchev–Trinajstić information content (AvgIpc) is 2.06. The van der Waals surface area contributed by atoms with Crippen LogP contribution in [0.15, 0.2) is 24.3 Å². The van der Waals surface area contributed by atoms with Crippen molar-refractivity contribution in [3.05, 3.63) is 40.7 Å². The largest absolute Gasteiger partial charge is 0.241 e. The summed E-state index contributed by atoms with van der Waals surface area (Å²) in [5.41, 5.74) is 2.17. The minimum absolute atomic E-state index is 0.596. The Kier molecular flexibility index (Phi) is 1.97. The first-order valence-electron chi connectivity index (χ1n) is 4.20. The lowest BCUT2D eigenvalue weighted by atomic mass is 10.1. The van der Waals surface area contributed by atoms with E-state index in [1.165, 1.54) is 5.56 Å². The molecule has 1 nitrogen and oxygen atoms in total. The molecule has 2 heteroatoms. The van der Waals surface area contributed by atoms with Crippen molar-refractivity contribution in [3.8, 4) is 0 Å². The molecule has 0 N–H and O–H groups in total. The topological polar surface area (TPSA) is 12.9 Å². The van der Waals surface area contributed by atoms with Crippen molar-refractivity contribution in [1.82, 2.24) is 4.98 Å². The van der Waals surface area contributed by atoms with Crippen LogP contribution < -0.4 is 0 Å². The quantitative estimate of drug-likeness (QED) is 0.581. The molecule has 1 aromatic carbocycles. The Morgan fingerprint density at radius 2 is 1.92 bits per heavy atom. The summed E-state index contributed by atoms with van der Waals surface area (Å²) in [7, 11) is 0. The van der Waals surface area contributed by atoms with Gasteiger partial charge in [0.1, 0.15) is 5.15 Å². The SMILES string of the molecule is Cc1ccc2cc(C)nc(Cl)c2c1. The van der Waals surface area contributed by atoms with Gasteiger partial charge in [0.25, 0.3) is 0 Å². The van der Waals surface area contributed by atoms with Gasteiger partial charge in [0.15, 0.2) is 0 Å². The second-order valence-corrected chi connectivity index (χ2v) is 3.64. The first kappa shape index (κ1) is 8.52. The molecule has 1 aromatic heterocycles. The van der Waals surface area contributed by atoms with E-state index in [1.807, 2.05) is 13.0 Å². The Bertz CT molecular complexity index is 463. The van der Waals surface area contributed by atoms with Gasteiger partial charge in [0.2, 0.25) is 0 Å². The molecule has 0 radical (unpaired) electrons. The normalized spacial score (nSPS) is 10.7. The summed E-state index contributed by atoms with van der Waals surface area (Å²) in [4.78, 5) is 4.21. The minimum atomic E-state index is 0.596. The number of fused-ring (bicyclic) bond motifs is 1. The standard InChI is InChI=1S/C11H10ClN/c1-7-3-4-9-6-8(2)13-11(12)10(9)5-7/h3-6H,1-2H3. The van der Waals surface area contributed by atoms with E-state index < -0.39 is 0 Å². The molecule has 0 atom stereocenters. The Balaban J connectivity index is 2.87. The Labute approximate surface area is 82.4 Å². The van der Waals surface area contributed by atoms with Crippen LogP contribution in [0, 0.1) is 13.8 Å². The van der Waals surface area contributed by atoms with Gasteiger partial charge in [-0.25, -0.2) is 4.98 Å². The van der Waals surface area contributed by atoms with Crippen molar-refractivity contribution in [2.45, 2.75) is 13.8 Å². The van der Waals surface area contributed by atoms with Crippen LogP contribution in [-0.4, -0.2) is 4.98 Å². The van der Waals surface area contributed by atoms with Gasteiger partial charge in [0, 0.05) is 11.1 Å². The van der Waals surface area contributed by atoms with E-state index in [2.05, 4.69) is 30.1 Å². The number of hydrogen-bond acceptors (Lipinski definition) is 1. The van der Waals surface area contributed by atoms with Crippen LogP contribution in [0.1, 0.15) is 11.3 Å². The monoisotopic (exact) mass is 191 g/mol. The molecule has 0 spiro atoms. The Morgan fingerprint density at radius 3 is 2.69 bits per heavy atom. The van der Waals surface area contributed by atoms with Crippen LogP contribution in [0.3, 0.4) is 0 Å². The Hall–Kier alpha value is -1.08. The van der Waals surface area contributed by atoms with Crippen LogP contribution >= 0.6 is 11.6 Å². The van der Waals surface area contributed by atoms with Gasteiger partial charge in [-0.1, -0.05) is 29.3 Å². The van der Waals surface area contributed by atoms with Gasteiger partial charge < -0.3 is 0 Å². The number of nitrogens with zero attached hydrogens (tertiary/aromatic N) is 1. The molecule has 0 unspecified atom stereocenters. The van der Waals surface area contributed by atoms with Crippen molar-refractivity contribution >= 4 is 22.4 Å².